The lowest BCUT2D eigenvalue weighted by molar-refractivity contribution is 0.187. The third-order valence-electron chi connectivity index (χ3n) is 4.64. The molecule has 0 radical (unpaired) electrons. The quantitative estimate of drug-likeness (QED) is 0.374. The number of halogens is 1. The molecule has 1 unspecified atom stereocenters. The number of hydrogen-bond acceptors (Lipinski definition) is 2. The van der Waals surface area contributed by atoms with Gasteiger partial charge in [-0.2, -0.15) is 0 Å². The summed E-state index contributed by atoms with van der Waals surface area (Å²) in [5.74, 6) is 0.423. The average Bonchev–Trinajstić information content (AvgIpc) is 3.08. The van der Waals surface area contributed by atoms with Gasteiger partial charge in [0.1, 0.15) is 5.82 Å². The molecule has 28 heavy (non-hydrogen) atoms. The molecular formula is C22H27FN4O. The number of aliphatic hydroxyl groups is 1. The molecule has 1 aromatic heterocycles. The third-order valence-corrected chi connectivity index (χ3v) is 4.64. The number of aromatic nitrogens is 1. The Labute approximate surface area is 164 Å². The molecule has 1 heterocycles. The Morgan fingerprint density at radius 2 is 1.96 bits per heavy atom. The summed E-state index contributed by atoms with van der Waals surface area (Å²) in [7, 11) is 0. The molecule has 0 saturated carbocycles. The van der Waals surface area contributed by atoms with Crippen LogP contribution in [0.5, 0.6) is 0 Å². The molecular weight excluding hydrogens is 355 g/mol. The van der Waals surface area contributed by atoms with Crippen LogP contribution in [0.2, 0.25) is 0 Å². The maximum absolute atomic E-state index is 13.3. The first-order valence-electron chi connectivity index (χ1n) is 9.59. The lowest BCUT2D eigenvalue weighted by Gasteiger charge is -2.13. The van der Waals surface area contributed by atoms with E-state index in [0.29, 0.717) is 12.5 Å². The standard InChI is InChI=1S/C22H27FN4O/c1-3-24-22(27-14-21(28)16-6-4-15(2)5-7-16)25-11-10-17-13-26-20-12-18(23)8-9-19(17)20/h4-9,12-13,21,26,28H,3,10-11,14H2,1-2H3,(H2,24,25,27). The van der Waals surface area contributed by atoms with Gasteiger partial charge in [0.05, 0.1) is 12.6 Å². The minimum Gasteiger partial charge on any atom is -0.386 e. The number of aliphatic imine (C=N–C) groups is 1. The highest BCUT2D eigenvalue weighted by Crippen LogP contribution is 2.19. The van der Waals surface area contributed by atoms with Crippen molar-refractivity contribution in [2.45, 2.75) is 26.4 Å². The van der Waals surface area contributed by atoms with E-state index in [1.54, 1.807) is 6.07 Å². The summed E-state index contributed by atoms with van der Waals surface area (Å²) in [4.78, 5) is 7.60. The molecule has 4 N–H and O–H groups in total. The van der Waals surface area contributed by atoms with Crippen LogP contribution < -0.4 is 10.6 Å². The second-order valence-corrected chi connectivity index (χ2v) is 6.83. The maximum Gasteiger partial charge on any atom is 0.191 e. The van der Waals surface area contributed by atoms with E-state index >= 15 is 0 Å². The minimum absolute atomic E-state index is 0.243. The summed E-state index contributed by atoms with van der Waals surface area (Å²) in [5.41, 5.74) is 3.94. The SMILES string of the molecule is CCNC(=NCC(O)c1ccc(C)cc1)NCCc1c[nH]c2cc(F)ccc12. The molecule has 0 bridgehead atoms. The first-order valence-corrected chi connectivity index (χ1v) is 9.59. The number of hydrogen-bond donors (Lipinski definition) is 4. The highest BCUT2D eigenvalue weighted by atomic mass is 19.1. The van der Waals surface area contributed by atoms with Gasteiger partial charge in [0, 0.05) is 30.2 Å². The number of fused-ring (bicyclic) bond motifs is 1. The summed E-state index contributed by atoms with van der Waals surface area (Å²) in [5, 5.41) is 17.9. The number of aliphatic hydroxyl groups excluding tert-OH is 1. The van der Waals surface area contributed by atoms with Crippen LogP contribution in [0.1, 0.15) is 29.7 Å². The van der Waals surface area contributed by atoms with Crippen LogP contribution in [0.25, 0.3) is 10.9 Å². The van der Waals surface area contributed by atoms with Crippen LogP contribution >= 0.6 is 0 Å². The molecule has 6 heteroatoms. The second kappa shape index (κ2) is 9.37. The van der Waals surface area contributed by atoms with Crippen molar-refractivity contribution >= 4 is 16.9 Å². The second-order valence-electron chi connectivity index (χ2n) is 6.83. The van der Waals surface area contributed by atoms with Gasteiger partial charge in [0.25, 0.3) is 0 Å². The predicted octanol–water partition coefficient (Wildman–Crippen LogP) is 3.45. The smallest absolute Gasteiger partial charge is 0.191 e. The summed E-state index contributed by atoms with van der Waals surface area (Å²) < 4.78 is 13.3. The predicted molar refractivity (Wildman–Crippen MR) is 112 cm³/mol. The molecule has 0 spiro atoms. The summed E-state index contributed by atoms with van der Waals surface area (Å²) in [6, 6.07) is 12.6. The zero-order valence-corrected chi connectivity index (χ0v) is 16.3. The Balaban J connectivity index is 1.57. The molecule has 148 valence electrons. The van der Waals surface area contributed by atoms with Gasteiger partial charge in [-0.3, -0.25) is 4.99 Å². The Morgan fingerprint density at radius 3 is 2.71 bits per heavy atom. The van der Waals surface area contributed by atoms with Crippen molar-refractivity contribution < 1.29 is 9.50 Å². The van der Waals surface area contributed by atoms with Gasteiger partial charge in [-0.15, -0.1) is 0 Å². The Bertz CT molecular complexity index is 933. The topological polar surface area (TPSA) is 72.4 Å². The van der Waals surface area contributed by atoms with E-state index in [1.807, 2.05) is 44.3 Å². The molecule has 3 rings (SSSR count). The van der Waals surface area contributed by atoms with Crippen molar-refractivity contribution in [3.63, 3.8) is 0 Å². The van der Waals surface area contributed by atoms with E-state index in [4.69, 9.17) is 0 Å². The number of guanidine groups is 1. The van der Waals surface area contributed by atoms with Crippen molar-refractivity contribution in [1.29, 1.82) is 0 Å². The highest BCUT2D eigenvalue weighted by molar-refractivity contribution is 5.83. The van der Waals surface area contributed by atoms with E-state index in [9.17, 15) is 9.50 Å². The molecule has 0 fully saturated rings. The fraction of sp³-hybridized carbons (Fsp3) is 0.318. The molecule has 0 aliphatic heterocycles. The molecule has 0 saturated heterocycles. The van der Waals surface area contributed by atoms with Gasteiger partial charge in [0.15, 0.2) is 5.96 Å². The number of aryl methyl sites for hydroxylation is 1. The monoisotopic (exact) mass is 382 g/mol. The fourth-order valence-electron chi connectivity index (χ4n) is 3.09. The van der Waals surface area contributed by atoms with Crippen molar-refractivity contribution in [2.24, 2.45) is 4.99 Å². The first kappa shape index (κ1) is 19.9. The molecule has 2 aromatic carbocycles. The fourth-order valence-corrected chi connectivity index (χ4v) is 3.09. The number of nitrogens with one attached hydrogen (secondary N) is 3. The molecule has 0 amide bonds. The summed E-state index contributed by atoms with van der Waals surface area (Å²) >= 11 is 0. The van der Waals surface area contributed by atoms with Crippen molar-refractivity contribution in [3.05, 3.63) is 71.2 Å². The van der Waals surface area contributed by atoms with E-state index in [1.165, 1.54) is 12.1 Å². The summed E-state index contributed by atoms with van der Waals surface area (Å²) in [6.07, 6.45) is 2.05. The number of H-pyrrole nitrogens is 1. The Kier molecular flexibility index (Phi) is 6.66. The molecule has 5 nitrogen and oxygen atoms in total. The minimum atomic E-state index is -0.639. The van der Waals surface area contributed by atoms with Crippen molar-refractivity contribution in [3.8, 4) is 0 Å². The van der Waals surface area contributed by atoms with Crippen LogP contribution in [-0.2, 0) is 6.42 Å². The first-order chi connectivity index (χ1) is 13.6. The Hall–Kier alpha value is -2.86. The van der Waals surface area contributed by atoms with Gasteiger partial charge in [-0.05, 0) is 49.6 Å². The van der Waals surface area contributed by atoms with Gasteiger partial charge < -0.3 is 20.7 Å². The Morgan fingerprint density at radius 1 is 1.18 bits per heavy atom. The van der Waals surface area contributed by atoms with E-state index in [0.717, 1.165) is 40.6 Å². The lowest BCUT2D eigenvalue weighted by Crippen LogP contribution is -2.38. The van der Waals surface area contributed by atoms with Crippen LogP contribution in [0, 0.1) is 12.7 Å². The van der Waals surface area contributed by atoms with Gasteiger partial charge in [-0.1, -0.05) is 29.8 Å². The largest absolute Gasteiger partial charge is 0.386 e. The lowest BCUT2D eigenvalue weighted by atomic mass is 10.1. The van der Waals surface area contributed by atoms with Crippen LogP contribution in [0.3, 0.4) is 0 Å². The average molecular weight is 382 g/mol. The van der Waals surface area contributed by atoms with Crippen LogP contribution in [-0.4, -0.2) is 35.7 Å². The molecule has 3 aromatic rings. The zero-order chi connectivity index (χ0) is 19.9. The summed E-state index contributed by atoms with van der Waals surface area (Å²) in [6.45, 7) is 5.72. The van der Waals surface area contributed by atoms with E-state index in [-0.39, 0.29) is 12.4 Å². The van der Waals surface area contributed by atoms with Gasteiger partial charge >= 0.3 is 0 Å². The van der Waals surface area contributed by atoms with Crippen molar-refractivity contribution in [1.82, 2.24) is 15.6 Å². The van der Waals surface area contributed by atoms with Gasteiger partial charge in [0.2, 0.25) is 0 Å². The normalized spacial score (nSPS) is 12.9. The van der Waals surface area contributed by atoms with E-state index < -0.39 is 6.10 Å². The number of nitrogens with zero attached hydrogens (tertiary/aromatic N) is 1. The number of aromatic amines is 1. The van der Waals surface area contributed by atoms with Crippen LogP contribution in [0.15, 0.2) is 53.7 Å². The van der Waals surface area contributed by atoms with E-state index in [2.05, 4.69) is 20.6 Å². The number of rotatable bonds is 7. The number of benzene rings is 2. The van der Waals surface area contributed by atoms with Gasteiger partial charge in [-0.25, -0.2) is 4.39 Å². The highest BCUT2D eigenvalue weighted by Gasteiger charge is 2.08. The van der Waals surface area contributed by atoms with Crippen LogP contribution in [0.4, 0.5) is 4.39 Å². The maximum atomic E-state index is 13.3. The zero-order valence-electron chi connectivity index (χ0n) is 16.3. The third kappa shape index (κ3) is 5.10. The molecule has 0 aliphatic rings. The van der Waals surface area contributed by atoms with Crippen molar-refractivity contribution in [2.75, 3.05) is 19.6 Å². The molecule has 0 aliphatic carbocycles. The molecule has 1 atom stereocenters.